The molecule has 0 spiro atoms. The molecular weight excluding hydrogens is 214 g/mol. The van der Waals surface area contributed by atoms with Gasteiger partial charge in [0.2, 0.25) is 0 Å². The van der Waals surface area contributed by atoms with Gasteiger partial charge in [0.15, 0.2) is 0 Å². The van der Waals surface area contributed by atoms with Crippen molar-refractivity contribution in [3.63, 3.8) is 0 Å². The Hall–Kier alpha value is -1.39. The summed E-state index contributed by atoms with van der Waals surface area (Å²) < 4.78 is 0. The topological polar surface area (TPSA) is 72.0 Å². The highest BCUT2D eigenvalue weighted by atomic mass is 35.5. The fraction of sp³-hybridized carbons (Fsp3) is 0.200. The van der Waals surface area contributed by atoms with E-state index in [-0.39, 0.29) is 0 Å². The fourth-order valence-electron chi connectivity index (χ4n) is 1.51. The summed E-state index contributed by atoms with van der Waals surface area (Å²) in [5, 5.41) is 9.96. The van der Waals surface area contributed by atoms with Gasteiger partial charge in [0.1, 0.15) is 5.15 Å². The van der Waals surface area contributed by atoms with Gasteiger partial charge in [-0.3, -0.25) is 4.98 Å². The number of aliphatic hydroxyl groups is 1. The molecule has 0 aromatic carbocycles. The van der Waals surface area contributed by atoms with Gasteiger partial charge in [0, 0.05) is 5.56 Å². The molecule has 0 aliphatic rings. The van der Waals surface area contributed by atoms with Crippen molar-refractivity contribution in [2.24, 2.45) is 0 Å². The van der Waals surface area contributed by atoms with E-state index in [1.807, 2.05) is 0 Å². The van der Waals surface area contributed by atoms with Gasteiger partial charge in [-0.05, 0) is 19.1 Å². The number of rotatable bonds is 1. The van der Waals surface area contributed by atoms with Crippen LogP contribution >= 0.6 is 11.6 Å². The highest BCUT2D eigenvalue weighted by Gasteiger charge is 2.12. The molecule has 5 heteroatoms. The second kappa shape index (κ2) is 3.64. The summed E-state index contributed by atoms with van der Waals surface area (Å²) in [5.74, 6) is 0. The molecule has 3 N–H and O–H groups in total. The molecule has 78 valence electrons. The molecule has 0 bridgehead atoms. The minimum atomic E-state index is -0.693. The van der Waals surface area contributed by atoms with Crippen LogP contribution in [0.5, 0.6) is 0 Å². The normalized spacial score (nSPS) is 13.0. The van der Waals surface area contributed by atoms with Crippen molar-refractivity contribution in [2.75, 3.05) is 5.73 Å². The lowest BCUT2D eigenvalue weighted by atomic mass is 10.1. The molecule has 15 heavy (non-hydrogen) atoms. The van der Waals surface area contributed by atoms with Crippen LogP contribution < -0.4 is 5.73 Å². The Morgan fingerprint density at radius 2 is 2.20 bits per heavy atom. The van der Waals surface area contributed by atoms with E-state index in [2.05, 4.69) is 9.97 Å². The fourth-order valence-corrected chi connectivity index (χ4v) is 1.66. The van der Waals surface area contributed by atoms with E-state index in [4.69, 9.17) is 17.3 Å². The van der Waals surface area contributed by atoms with E-state index < -0.39 is 6.10 Å². The zero-order valence-electron chi connectivity index (χ0n) is 8.11. The number of anilines is 1. The molecule has 1 unspecified atom stereocenters. The van der Waals surface area contributed by atoms with Gasteiger partial charge in [-0.1, -0.05) is 11.6 Å². The molecule has 2 rings (SSSR count). The minimum Gasteiger partial charge on any atom is -0.397 e. The summed E-state index contributed by atoms with van der Waals surface area (Å²) in [6.45, 7) is 1.63. The van der Waals surface area contributed by atoms with E-state index in [9.17, 15) is 5.11 Å². The van der Waals surface area contributed by atoms with E-state index in [1.165, 1.54) is 6.20 Å². The van der Waals surface area contributed by atoms with E-state index >= 15 is 0 Å². The average Bonchev–Trinajstić information content (AvgIpc) is 2.16. The SMILES string of the molecule is CC(O)c1c(N)cnc2ccc(Cl)nc12. The first-order valence-electron chi connectivity index (χ1n) is 4.48. The molecule has 0 fully saturated rings. The number of nitrogen functional groups attached to an aromatic ring is 1. The minimum absolute atomic E-state index is 0.358. The van der Waals surface area contributed by atoms with Crippen LogP contribution in [-0.2, 0) is 0 Å². The second-order valence-electron chi connectivity index (χ2n) is 3.30. The number of pyridine rings is 2. The third-order valence-electron chi connectivity index (χ3n) is 2.17. The summed E-state index contributed by atoms with van der Waals surface area (Å²) >= 11 is 5.79. The summed E-state index contributed by atoms with van der Waals surface area (Å²) in [7, 11) is 0. The first-order valence-corrected chi connectivity index (χ1v) is 4.86. The van der Waals surface area contributed by atoms with E-state index in [0.717, 1.165) is 0 Å². The smallest absolute Gasteiger partial charge is 0.129 e. The van der Waals surface area contributed by atoms with Crippen molar-refractivity contribution in [3.05, 3.63) is 29.0 Å². The number of halogens is 1. The van der Waals surface area contributed by atoms with Crippen LogP contribution in [0, 0.1) is 0 Å². The number of hydrogen-bond acceptors (Lipinski definition) is 4. The Morgan fingerprint density at radius 3 is 2.87 bits per heavy atom. The van der Waals surface area contributed by atoms with Crippen molar-refractivity contribution in [2.45, 2.75) is 13.0 Å². The monoisotopic (exact) mass is 223 g/mol. The highest BCUT2D eigenvalue weighted by Crippen LogP contribution is 2.27. The average molecular weight is 224 g/mol. The van der Waals surface area contributed by atoms with Crippen LogP contribution in [0.25, 0.3) is 11.0 Å². The number of aromatic nitrogens is 2. The molecule has 2 heterocycles. The van der Waals surface area contributed by atoms with Crippen LogP contribution in [0.2, 0.25) is 5.15 Å². The number of fused-ring (bicyclic) bond motifs is 1. The van der Waals surface area contributed by atoms with Gasteiger partial charge in [0.25, 0.3) is 0 Å². The Morgan fingerprint density at radius 1 is 1.47 bits per heavy atom. The van der Waals surface area contributed by atoms with Gasteiger partial charge in [0.05, 0.1) is 29.0 Å². The quantitative estimate of drug-likeness (QED) is 0.725. The lowest BCUT2D eigenvalue weighted by Crippen LogP contribution is -2.02. The standard InChI is InChI=1S/C10H10ClN3O/c1-5(15)9-6(12)4-13-7-2-3-8(11)14-10(7)9/h2-5,15H,12H2,1H3. The molecule has 0 saturated carbocycles. The number of aliphatic hydroxyl groups excluding tert-OH is 1. The van der Waals surface area contributed by atoms with Gasteiger partial charge in [-0.2, -0.15) is 0 Å². The van der Waals surface area contributed by atoms with Crippen molar-refractivity contribution < 1.29 is 5.11 Å². The number of hydrogen-bond donors (Lipinski definition) is 2. The van der Waals surface area contributed by atoms with Crippen LogP contribution in [0.15, 0.2) is 18.3 Å². The molecule has 0 radical (unpaired) electrons. The molecule has 0 saturated heterocycles. The van der Waals surface area contributed by atoms with E-state index in [0.29, 0.717) is 27.4 Å². The first-order chi connectivity index (χ1) is 7.09. The summed E-state index contributed by atoms with van der Waals surface area (Å²) in [5.41, 5.74) is 7.95. The third kappa shape index (κ3) is 1.73. The van der Waals surface area contributed by atoms with Gasteiger partial charge in [-0.25, -0.2) is 4.98 Å². The zero-order chi connectivity index (χ0) is 11.0. The van der Waals surface area contributed by atoms with Crippen LogP contribution in [0.1, 0.15) is 18.6 Å². The third-order valence-corrected chi connectivity index (χ3v) is 2.38. The molecule has 0 aliphatic carbocycles. The van der Waals surface area contributed by atoms with Crippen molar-refractivity contribution >= 4 is 28.3 Å². The van der Waals surface area contributed by atoms with Crippen LogP contribution in [-0.4, -0.2) is 15.1 Å². The summed E-state index contributed by atoms with van der Waals surface area (Å²) in [4.78, 5) is 8.23. The molecular formula is C10H10ClN3O. The van der Waals surface area contributed by atoms with Gasteiger partial charge < -0.3 is 10.8 Å². The molecule has 0 aliphatic heterocycles. The largest absolute Gasteiger partial charge is 0.397 e. The van der Waals surface area contributed by atoms with Crippen molar-refractivity contribution in [3.8, 4) is 0 Å². The summed E-state index contributed by atoms with van der Waals surface area (Å²) in [6.07, 6.45) is 0.821. The lowest BCUT2D eigenvalue weighted by molar-refractivity contribution is 0.201. The Balaban J connectivity index is 2.84. The maximum absolute atomic E-state index is 9.60. The van der Waals surface area contributed by atoms with Gasteiger partial charge in [-0.15, -0.1) is 0 Å². The molecule has 2 aromatic rings. The van der Waals surface area contributed by atoms with Crippen molar-refractivity contribution in [1.82, 2.24) is 9.97 Å². The maximum Gasteiger partial charge on any atom is 0.129 e. The Labute approximate surface area is 91.7 Å². The van der Waals surface area contributed by atoms with E-state index in [1.54, 1.807) is 19.1 Å². The highest BCUT2D eigenvalue weighted by molar-refractivity contribution is 6.29. The number of nitrogens with zero attached hydrogens (tertiary/aromatic N) is 2. The molecule has 0 amide bonds. The predicted molar refractivity (Wildman–Crippen MR) is 59.6 cm³/mol. The molecule has 2 aromatic heterocycles. The van der Waals surface area contributed by atoms with Gasteiger partial charge >= 0.3 is 0 Å². The number of nitrogens with two attached hydrogens (primary N) is 1. The lowest BCUT2D eigenvalue weighted by Gasteiger charge is -2.10. The van der Waals surface area contributed by atoms with Crippen molar-refractivity contribution in [1.29, 1.82) is 0 Å². The molecule has 4 nitrogen and oxygen atoms in total. The molecule has 1 atom stereocenters. The Bertz CT molecular complexity index is 508. The van der Waals surface area contributed by atoms with Crippen LogP contribution in [0.4, 0.5) is 5.69 Å². The van der Waals surface area contributed by atoms with Crippen LogP contribution in [0.3, 0.4) is 0 Å². The summed E-state index contributed by atoms with van der Waals surface area (Å²) in [6, 6.07) is 3.40. The second-order valence-corrected chi connectivity index (χ2v) is 3.69. The Kier molecular flexibility index (Phi) is 2.46. The predicted octanol–water partition coefficient (Wildman–Crippen LogP) is 1.92. The zero-order valence-corrected chi connectivity index (χ0v) is 8.86. The first kappa shape index (κ1) is 10.1. The maximum atomic E-state index is 9.60.